The monoisotopic (exact) mass is 511 g/mol. The number of carboxylic acids is 1. The number of aliphatic carboxylic acids is 1. The van der Waals surface area contributed by atoms with Crippen molar-refractivity contribution in [3.05, 3.63) is 36.0 Å². The first kappa shape index (κ1) is 26.7. The maximum Gasteiger partial charge on any atom is 0.326 e. The van der Waals surface area contributed by atoms with Gasteiger partial charge in [-0.05, 0) is 49.7 Å². The van der Waals surface area contributed by atoms with E-state index in [2.05, 4.69) is 10.3 Å². The van der Waals surface area contributed by atoms with Crippen LogP contribution in [0.5, 0.6) is 0 Å². The molecular formula is C27H37N5O5. The SMILES string of the molecule is CC(C)CC(N)C(=O)N1CCCC1C(=O)NC(Cc1c[nH]c2ccccc12)C(=O)N1CCCC1C(=O)O. The predicted octanol–water partition coefficient (Wildman–Crippen LogP) is 1.64. The number of rotatable bonds is 9. The molecule has 200 valence electrons. The number of carbonyl (C=O) groups is 4. The molecule has 10 heteroatoms. The Morgan fingerprint density at radius 1 is 1.05 bits per heavy atom. The number of H-pyrrole nitrogens is 1. The molecule has 0 aliphatic carbocycles. The van der Waals surface area contributed by atoms with Crippen molar-refractivity contribution in [1.29, 1.82) is 0 Å². The van der Waals surface area contributed by atoms with Crippen LogP contribution in [0.4, 0.5) is 0 Å². The van der Waals surface area contributed by atoms with Crippen LogP contribution in [0, 0.1) is 5.92 Å². The molecule has 3 amide bonds. The van der Waals surface area contributed by atoms with Crippen LogP contribution in [0.15, 0.2) is 30.5 Å². The molecule has 4 rings (SSSR count). The fraction of sp³-hybridized carbons (Fsp3) is 0.556. The number of aromatic nitrogens is 1. The van der Waals surface area contributed by atoms with Gasteiger partial charge in [0.15, 0.2) is 0 Å². The minimum atomic E-state index is -1.05. The normalized spacial score (nSPS) is 21.4. The maximum absolute atomic E-state index is 13.7. The first-order chi connectivity index (χ1) is 17.7. The molecule has 3 heterocycles. The van der Waals surface area contributed by atoms with E-state index in [0.717, 1.165) is 16.5 Å². The van der Waals surface area contributed by atoms with Crippen molar-refractivity contribution in [2.24, 2.45) is 11.7 Å². The van der Waals surface area contributed by atoms with Gasteiger partial charge in [0.25, 0.3) is 0 Å². The summed E-state index contributed by atoms with van der Waals surface area (Å²) in [6.07, 6.45) is 4.67. The molecular weight excluding hydrogens is 474 g/mol. The highest BCUT2D eigenvalue weighted by Crippen LogP contribution is 2.24. The van der Waals surface area contributed by atoms with Gasteiger partial charge in [0.05, 0.1) is 6.04 Å². The second kappa shape index (κ2) is 11.3. The molecule has 2 aromatic rings. The summed E-state index contributed by atoms with van der Waals surface area (Å²) in [6, 6.07) is 4.41. The number of hydrogen-bond acceptors (Lipinski definition) is 5. The number of nitrogens with one attached hydrogen (secondary N) is 2. The third-order valence-electron chi connectivity index (χ3n) is 7.42. The van der Waals surface area contributed by atoms with Crippen LogP contribution < -0.4 is 11.1 Å². The zero-order valence-electron chi connectivity index (χ0n) is 21.5. The highest BCUT2D eigenvalue weighted by Gasteiger charge is 2.41. The summed E-state index contributed by atoms with van der Waals surface area (Å²) in [5.41, 5.74) is 7.89. The lowest BCUT2D eigenvalue weighted by molar-refractivity contribution is -0.149. The van der Waals surface area contributed by atoms with E-state index in [1.807, 2.05) is 44.3 Å². The lowest BCUT2D eigenvalue weighted by atomic mass is 10.0. The van der Waals surface area contributed by atoms with E-state index in [4.69, 9.17) is 5.73 Å². The molecule has 1 aromatic heterocycles. The van der Waals surface area contributed by atoms with Crippen LogP contribution in [0.25, 0.3) is 10.9 Å². The summed E-state index contributed by atoms with van der Waals surface area (Å²) in [5.74, 6) is -1.89. The lowest BCUT2D eigenvalue weighted by Crippen LogP contribution is -2.57. The number of likely N-dealkylation sites (tertiary alicyclic amines) is 2. The molecule has 0 bridgehead atoms. The summed E-state index contributed by atoms with van der Waals surface area (Å²) in [5, 5.41) is 13.5. The van der Waals surface area contributed by atoms with Crippen molar-refractivity contribution >= 4 is 34.6 Å². The van der Waals surface area contributed by atoms with Crippen LogP contribution in [-0.4, -0.2) is 80.8 Å². The van der Waals surface area contributed by atoms with Gasteiger partial charge in [0, 0.05) is 36.6 Å². The maximum atomic E-state index is 13.7. The minimum Gasteiger partial charge on any atom is -0.480 e. The van der Waals surface area contributed by atoms with E-state index in [-0.39, 0.29) is 18.2 Å². The van der Waals surface area contributed by atoms with Crippen molar-refractivity contribution in [2.75, 3.05) is 13.1 Å². The average molecular weight is 512 g/mol. The first-order valence-corrected chi connectivity index (χ1v) is 13.1. The Labute approximate surface area is 216 Å². The van der Waals surface area contributed by atoms with Crippen molar-refractivity contribution in [3.63, 3.8) is 0 Å². The molecule has 0 saturated carbocycles. The molecule has 2 saturated heterocycles. The molecule has 0 spiro atoms. The Balaban J connectivity index is 1.56. The Kier molecular flexibility index (Phi) is 8.16. The predicted molar refractivity (Wildman–Crippen MR) is 138 cm³/mol. The van der Waals surface area contributed by atoms with Gasteiger partial charge in [-0.3, -0.25) is 14.4 Å². The Morgan fingerprint density at radius 3 is 2.38 bits per heavy atom. The van der Waals surface area contributed by atoms with E-state index in [1.165, 1.54) is 9.80 Å². The largest absolute Gasteiger partial charge is 0.480 e. The summed E-state index contributed by atoms with van der Waals surface area (Å²) in [7, 11) is 0. The Morgan fingerprint density at radius 2 is 1.70 bits per heavy atom. The summed E-state index contributed by atoms with van der Waals surface area (Å²) < 4.78 is 0. The smallest absolute Gasteiger partial charge is 0.326 e. The van der Waals surface area contributed by atoms with Crippen molar-refractivity contribution in [1.82, 2.24) is 20.1 Å². The standard InChI is InChI=1S/C27H37N5O5/c1-16(2)13-19(28)25(34)31-11-5-9-22(31)24(33)30-21(26(35)32-12-6-10-23(32)27(36)37)14-17-15-29-20-8-4-3-7-18(17)20/h3-4,7-8,15-16,19,21-23,29H,5-6,9-14,28H2,1-2H3,(H,30,33)(H,36,37). The molecule has 10 nitrogen and oxygen atoms in total. The van der Waals surface area contributed by atoms with Crippen LogP contribution in [0.3, 0.4) is 0 Å². The summed E-state index contributed by atoms with van der Waals surface area (Å²) >= 11 is 0. The molecule has 2 aliphatic rings. The van der Waals surface area contributed by atoms with Crippen LogP contribution in [0.1, 0.15) is 51.5 Å². The Bertz CT molecular complexity index is 1160. The molecule has 2 fully saturated rings. The fourth-order valence-corrected chi connectivity index (χ4v) is 5.60. The van der Waals surface area contributed by atoms with Crippen LogP contribution in [0.2, 0.25) is 0 Å². The van der Waals surface area contributed by atoms with Crippen LogP contribution >= 0.6 is 0 Å². The highest BCUT2D eigenvalue weighted by molar-refractivity contribution is 5.95. The summed E-state index contributed by atoms with van der Waals surface area (Å²) in [6.45, 7) is 4.75. The molecule has 37 heavy (non-hydrogen) atoms. The van der Waals surface area contributed by atoms with Gasteiger partial charge in [-0.2, -0.15) is 0 Å². The number of para-hydroxylation sites is 1. The molecule has 1 aromatic carbocycles. The van der Waals surface area contributed by atoms with Gasteiger partial charge in [-0.25, -0.2) is 4.79 Å². The number of nitrogens with zero attached hydrogens (tertiary/aromatic N) is 2. The average Bonchev–Trinajstić information content (AvgIpc) is 3.62. The van der Waals surface area contributed by atoms with Crippen molar-refractivity contribution in [3.8, 4) is 0 Å². The minimum absolute atomic E-state index is 0.199. The first-order valence-electron chi connectivity index (χ1n) is 13.1. The second-order valence-electron chi connectivity index (χ2n) is 10.6. The number of nitrogens with two attached hydrogens (primary N) is 1. The molecule has 4 unspecified atom stereocenters. The van der Waals surface area contributed by atoms with Gasteiger partial charge in [0.1, 0.15) is 18.1 Å². The van der Waals surface area contributed by atoms with Gasteiger partial charge < -0.3 is 30.9 Å². The quantitative estimate of drug-likeness (QED) is 0.402. The molecule has 0 radical (unpaired) electrons. The van der Waals surface area contributed by atoms with Gasteiger partial charge >= 0.3 is 5.97 Å². The highest BCUT2D eigenvalue weighted by atomic mass is 16.4. The topological polar surface area (TPSA) is 149 Å². The fourth-order valence-electron chi connectivity index (χ4n) is 5.60. The van der Waals surface area contributed by atoms with Gasteiger partial charge in [0.2, 0.25) is 17.7 Å². The van der Waals surface area contributed by atoms with E-state index in [0.29, 0.717) is 45.2 Å². The van der Waals surface area contributed by atoms with E-state index < -0.39 is 42.0 Å². The van der Waals surface area contributed by atoms with Gasteiger partial charge in [-0.15, -0.1) is 0 Å². The number of benzene rings is 1. The lowest BCUT2D eigenvalue weighted by Gasteiger charge is -2.31. The Hall–Kier alpha value is -3.40. The van der Waals surface area contributed by atoms with Crippen molar-refractivity contribution in [2.45, 2.75) is 76.5 Å². The van der Waals surface area contributed by atoms with Crippen LogP contribution in [-0.2, 0) is 25.6 Å². The second-order valence-corrected chi connectivity index (χ2v) is 10.6. The molecule has 4 atom stereocenters. The van der Waals surface area contributed by atoms with E-state index in [1.54, 1.807) is 0 Å². The van der Waals surface area contributed by atoms with Crippen molar-refractivity contribution < 1.29 is 24.3 Å². The van der Waals surface area contributed by atoms with Gasteiger partial charge in [-0.1, -0.05) is 32.0 Å². The number of aromatic amines is 1. The third kappa shape index (κ3) is 5.79. The zero-order valence-corrected chi connectivity index (χ0v) is 21.5. The molecule has 5 N–H and O–H groups in total. The van der Waals surface area contributed by atoms with E-state index >= 15 is 0 Å². The zero-order chi connectivity index (χ0) is 26.7. The number of fused-ring (bicyclic) bond motifs is 1. The molecule has 2 aliphatic heterocycles. The number of carbonyl (C=O) groups excluding carboxylic acids is 3. The third-order valence-corrected chi connectivity index (χ3v) is 7.42. The number of carboxylic acid groups (broad SMARTS) is 1. The number of amides is 3. The summed E-state index contributed by atoms with van der Waals surface area (Å²) in [4.78, 5) is 58.0. The number of hydrogen-bond donors (Lipinski definition) is 4. The van der Waals surface area contributed by atoms with E-state index in [9.17, 15) is 24.3 Å².